The molecule has 0 fully saturated rings. The summed E-state index contributed by atoms with van der Waals surface area (Å²) in [5.74, 6) is -1.92. The van der Waals surface area contributed by atoms with Crippen LogP contribution in [0, 0.1) is 137 Å². The van der Waals surface area contributed by atoms with Crippen LogP contribution in [0.3, 0.4) is 0 Å². The quantitative estimate of drug-likeness (QED) is 0.0350. The van der Waals surface area contributed by atoms with Crippen molar-refractivity contribution in [1.29, 1.82) is 0 Å². The highest BCUT2D eigenvalue weighted by atomic mass is 16.6. The molecule has 12 nitrogen and oxygen atoms in total. The number of furan rings is 1. The number of hydrogen-bond acceptors (Lipinski definition) is 11. The number of aliphatic hydroxyl groups is 1. The SMILES string of the molecule is CO[C@H]1/C=C\C=C(/C)C(=O)NC2=C(c3ccco3)C(=O)C(NCCN(C)C)=C(C[C@@H](C)C[C@H](OC(C)(C)C(C)(C)C(C)(C)C(C)(C)C(C)(C)C(C)(C)C(C)(C)C(C)(C)C(C)(C)C(C)(C)C(C)(C)C(C)(C)C(C)(C)C(C)(C)C(C)(C)C(C)(C)C(C)(C)C(C)(C)C(C)(C)C(C)(C)C(C)(C)C(C)(C)C(C)(C)C(C)C)[C@H](O)[C@@H](C)/C=C(\C)[C@@H]1OC=O)C2=O. The molecule has 0 saturated heterocycles. The number of methoxy groups -OCH3 is 1. The van der Waals surface area contributed by atoms with E-state index in [0.717, 1.165) is 0 Å². The van der Waals surface area contributed by atoms with Crippen LogP contribution in [-0.4, -0.2) is 98.3 Å². The Kier molecular flexibility index (Phi) is 31.4. The van der Waals surface area contributed by atoms with Gasteiger partial charge in [-0.1, -0.05) is 357 Å². The lowest BCUT2D eigenvalue weighted by atomic mass is 9.29. The number of allylic oxidation sites excluding steroid dienone is 4. The summed E-state index contributed by atoms with van der Waals surface area (Å²) in [6.07, 6.45) is 4.88. The van der Waals surface area contributed by atoms with Crippen LogP contribution in [0.1, 0.15) is 379 Å². The maximum atomic E-state index is 15.5. The predicted octanol–water partition coefficient (Wildman–Crippen LogP) is 27.5. The molecule has 688 valence electrons. The van der Waals surface area contributed by atoms with Gasteiger partial charge >= 0.3 is 0 Å². The number of aliphatic hydroxyl groups excluding tert-OH is 1. The molecule has 3 rings (SSSR count). The van der Waals surface area contributed by atoms with Gasteiger partial charge in [0.2, 0.25) is 11.6 Å². The molecule has 1 amide bonds. The summed E-state index contributed by atoms with van der Waals surface area (Å²) in [6.45, 7) is 131. The smallest absolute Gasteiger partial charge is 0.293 e. The fourth-order valence-electron chi connectivity index (χ4n) is 23.4. The van der Waals surface area contributed by atoms with Gasteiger partial charge in [0.15, 0.2) is 6.10 Å². The summed E-state index contributed by atoms with van der Waals surface area (Å²) in [5, 5.41) is 19.5. The van der Waals surface area contributed by atoms with Gasteiger partial charge < -0.3 is 39.3 Å². The summed E-state index contributed by atoms with van der Waals surface area (Å²) in [7, 11) is 5.40. The summed E-state index contributed by atoms with van der Waals surface area (Å²) in [5.41, 5.74) is -5.32. The maximum absolute atomic E-state index is 15.5. The number of nitrogens with one attached hydrogen (secondary N) is 2. The lowest BCUT2D eigenvalue weighted by molar-refractivity contribution is -0.275. The molecular formula is C107H191N3O9. The van der Waals surface area contributed by atoms with E-state index in [0.29, 0.717) is 31.1 Å². The average Bonchev–Trinajstić information content (AvgIpc) is 0.816. The zero-order chi connectivity index (χ0) is 94.6. The molecule has 0 radical (unpaired) electrons. The number of carbonyl (C=O) groups excluding carboxylic acids is 4. The Bertz CT molecular complexity index is 3900. The number of fused-ring (bicyclic) bond motifs is 2. The van der Waals surface area contributed by atoms with Crippen molar-refractivity contribution in [2.75, 3.05) is 34.3 Å². The number of ether oxygens (including phenoxy) is 3. The maximum Gasteiger partial charge on any atom is 0.293 e. The lowest BCUT2D eigenvalue weighted by Crippen LogP contribution is -2.69. The number of carbonyl (C=O) groups is 4. The normalized spacial score (nSPS) is 22.6. The highest BCUT2D eigenvalue weighted by Gasteiger charge is 2.74. The van der Waals surface area contributed by atoms with Crippen molar-refractivity contribution in [3.63, 3.8) is 0 Å². The molecule has 0 aromatic carbocycles. The fraction of sp³-hybridized carbons (Fsp3) is 0.832. The Morgan fingerprint density at radius 2 is 0.874 bits per heavy atom. The second-order valence-electron chi connectivity index (χ2n) is 51.0. The minimum absolute atomic E-state index is 0.0137. The Labute approximate surface area is 734 Å². The van der Waals surface area contributed by atoms with Gasteiger partial charge in [-0.25, -0.2) is 0 Å². The zero-order valence-electron chi connectivity index (χ0n) is 88.1. The van der Waals surface area contributed by atoms with Gasteiger partial charge in [0.1, 0.15) is 17.6 Å². The minimum Gasteiger partial charge on any atom is -0.464 e. The van der Waals surface area contributed by atoms with E-state index in [1.54, 1.807) is 37.3 Å². The molecule has 1 aromatic heterocycles. The van der Waals surface area contributed by atoms with Gasteiger partial charge in [-0.05, 0) is 203 Å². The van der Waals surface area contributed by atoms with Gasteiger partial charge in [-0.2, -0.15) is 0 Å². The largest absolute Gasteiger partial charge is 0.464 e. The molecule has 12 heteroatoms. The molecule has 6 atom stereocenters. The predicted molar refractivity (Wildman–Crippen MR) is 506 cm³/mol. The van der Waals surface area contributed by atoms with E-state index < -0.39 is 81.0 Å². The van der Waals surface area contributed by atoms with Crippen molar-refractivity contribution in [1.82, 2.24) is 15.5 Å². The summed E-state index contributed by atoms with van der Waals surface area (Å²) >= 11 is 0. The highest BCUT2D eigenvalue weighted by molar-refractivity contribution is 6.39. The van der Waals surface area contributed by atoms with Crippen molar-refractivity contribution in [2.45, 2.75) is 403 Å². The van der Waals surface area contributed by atoms with Gasteiger partial charge in [0.25, 0.3) is 12.4 Å². The first kappa shape index (κ1) is 109. The molecule has 0 saturated carbocycles. The van der Waals surface area contributed by atoms with Crippen LogP contribution in [-0.2, 0) is 33.4 Å². The number of Topliss-reactive ketones (excluding diaryl/α,β-unsaturated/α-hetero) is 2. The third-order valence-corrected chi connectivity index (χ3v) is 44.5. The number of amides is 1. The molecule has 2 bridgehead atoms. The Morgan fingerprint density at radius 3 is 1.18 bits per heavy atom. The van der Waals surface area contributed by atoms with Crippen LogP contribution < -0.4 is 10.6 Å². The molecule has 3 N–H and O–H groups in total. The van der Waals surface area contributed by atoms with Crippen molar-refractivity contribution in [2.24, 2.45) is 137 Å². The minimum atomic E-state index is -1.14. The van der Waals surface area contributed by atoms with Crippen LogP contribution >= 0.6 is 0 Å². The summed E-state index contributed by atoms with van der Waals surface area (Å²) in [4.78, 5) is 59.5. The summed E-state index contributed by atoms with van der Waals surface area (Å²) in [6, 6.07) is 3.25. The molecule has 2 heterocycles. The van der Waals surface area contributed by atoms with Crippen molar-refractivity contribution in [3.8, 4) is 0 Å². The number of ketones is 2. The van der Waals surface area contributed by atoms with E-state index in [1.807, 2.05) is 45.8 Å². The van der Waals surface area contributed by atoms with E-state index in [1.165, 1.54) is 13.4 Å². The summed E-state index contributed by atoms with van der Waals surface area (Å²) < 4.78 is 25.4. The zero-order valence-corrected chi connectivity index (χ0v) is 88.1. The lowest BCUT2D eigenvalue weighted by Gasteiger charge is -2.75. The highest BCUT2D eigenvalue weighted by Crippen LogP contribution is 2.80. The molecule has 119 heavy (non-hydrogen) atoms. The fourth-order valence-corrected chi connectivity index (χ4v) is 23.4. The second kappa shape index (κ2) is 34.2. The first-order valence-electron chi connectivity index (χ1n) is 45.7. The van der Waals surface area contributed by atoms with Crippen molar-refractivity contribution in [3.05, 3.63) is 76.6 Å². The van der Waals surface area contributed by atoms with Gasteiger partial charge in [0, 0.05) is 37.3 Å². The average molecular weight is 1660 g/mol. The van der Waals surface area contributed by atoms with E-state index >= 15 is 9.59 Å². The van der Waals surface area contributed by atoms with E-state index in [-0.39, 0.29) is 144 Å². The molecule has 1 aromatic rings. The first-order valence-corrected chi connectivity index (χ1v) is 45.7. The van der Waals surface area contributed by atoms with Crippen LogP contribution in [0.25, 0.3) is 5.57 Å². The van der Waals surface area contributed by atoms with Gasteiger partial charge in [-0.3, -0.25) is 19.2 Å². The van der Waals surface area contributed by atoms with Crippen LogP contribution in [0.15, 0.2) is 75.2 Å². The Balaban J connectivity index is 2.35. The first-order chi connectivity index (χ1) is 52.4. The van der Waals surface area contributed by atoms with E-state index in [4.69, 9.17) is 18.6 Å². The molecule has 2 aliphatic rings. The van der Waals surface area contributed by atoms with Crippen molar-refractivity contribution >= 4 is 29.5 Å². The molecular weight excluding hydrogens is 1470 g/mol. The van der Waals surface area contributed by atoms with Crippen molar-refractivity contribution < 1.29 is 42.9 Å². The number of nitrogens with zero attached hydrogens (tertiary/aromatic N) is 1. The number of hydrogen-bond donors (Lipinski definition) is 3. The Morgan fingerprint density at radius 1 is 0.529 bits per heavy atom. The van der Waals surface area contributed by atoms with Crippen LogP contribution in [0.5, 0.6) is 0 Å². The van der Waals surface area contributed by atoms with Crippen LogP contribution in [0.2, 0.25) is 0 Å². The van der Waals surface area contributed by atoms with Crippen LogP contribution in [0.4, 0.5) is 0 Å². The number of rotatable bonds is 33. The molecule has 1 aliphatic carbocycles. The third kappa shape index (κ3) is 16.6. The third-order valence-electron chi connectivity index (χ3n) is 44.5. The van der Waals surface area contributed by atoms with Gasteiger partial charge in [-0.15, -0.1) is 0 Å². The number of likely N-dealkylation sites (N-methyl/N-ethyl adjacent to an activating group) is 1. The topological polar surface area (TPSA) is 157 Å². The van der Waals surface area contributed by atoms with E-state index in [9.17, 15) is 14.7 Å². The second-order valence-corrected chi connectivity index (χ2v) is 51.0. The Hall–Kier alpha value is -4.10. The van der Waals surface area contributed by atoms with Gasteiger partial charge in [0.05, 0.1) is 35.3 Å². The molecule has 0 unspecified atom stereocenters. The molecule has 0 spiro atoms. The standard InChI is InChI=1S/C107H191N3O9/c1-68(2)85(7,8)86(9,10)87(11,12)88(13,14)89(15,16)90(17,18)91(19,20)92(21,22)93(23,24)94(25,26)95(27,28)96(29,30)97(31,32)98(33,34)99(35,36)100(37,38)101(39,40)102(41,42)103(43,44)104(45,46)105(47,48)106(49,50)107(51,52)119-76-65-69(3)64-73-78(108-61-62-110(53)54)82(114)77(74-60-57-63-117-74)79(81(73)113)109-84(115)70(4)58-56-59-75(116-55)83(118-67-111)72(6)66-71(5)80(76)112/h56-60,63,66-69,71,75-76,80,83,108,112H,61-62,64-65H2,1-55H3,(H,109,115)/b59-56-,70-58+,72-66+/t69-,71+,75+,76+,80-,83+/m1/s1. The van der Waals surface area contributed by atoms with E-state index in [2.05, 4.69) is 343 Å². The molecule has 1 aliphatic heterocycles. The monoisotopic (exact) mass is 1660 g/mol.